The number of esters is 1. The number of carbonyl (C=O) groups is 4. The molecule has 0 aromatic heterocycles. The number of hydrogen-bond donors (Lipinski definition) is 1. The molecule has 2 saturated heterocycles. The van der Waals surface area contributed by atoms with E-state index in [-0.39, 0.29) is 30.2 Å². The summed E-state index contributed by atoms with van der Waals surface area (Å²) in [4.78, 5) is 54.2. The topological polar surface area (TPSA) is 105 Å². The molecule has 0 bridgehead atoms. The molecule has 0 unspecified atom stereocenters. The van der Waals surface area contributed by atoms with Gasteiger partial charge in [0.1, 0.15) is 11.6 Å². The fraction of sp³-hybridized carbons (Fsp3) is 0.800. The highest BCUT2D eigenvalue weighted by molar-refractivity contribution is 5.86. The van der Waals surface area contributed by atoms with Gasteiger partial charge in [0.2, 0.25) is 11.8 Å². The molecule has 2 rings (SSSR count). The first-order valence-corrected chi connectivity index (χ1v) is 14.6. The molecule has 2 atom stereocenters. The summed E-state index contributed by atoms with van der Waals surface area (Å²) >= 11 is 0. The van der Waals surface area contributed by atoms with Crippen LogP contribution >= 0.6 is 0 Å². The summed E-state index contributed by atoms with van der Waals surface area (Å²) in [5, 5.41) is 2.77. The summed E-state index contributed by atoms with van der Waals surface area (Å²) in [6, 6.07) is -0.876. The van der Waals surface area contributed by atoms with Gasteiger partial charge in [-0.05, 0) is 77.6 Å². The molecule has 9 nitrogen and oxygen atoms in total. The third kappa shape index (κ3) is 11.9. The van der Waals surface area contributed by atoms with Crippen molar-refractivity contribution < 1.29 is 28.7 Å². The molecule has 2 aliphatic heterocycles. The molecule has 0 aliphatic carbocycles. The van der Waals surface area contributed by atoms with E-state index in [4.69, 9.17) is 15.9 Å². The van der Waals surface area contributed by atoms with Gasteiger partial charge < -0.3 is 24.6 Å². The lowest BCUT2D eigenvalue weighted by Gasteiger charge is -2.35. The van der Waals surface area contributed by atoms with Crippen LogP contribution < -0.4 is 5.32 Å². The Morgan fingerprint density at radius 3 is 2.36 bits per heavy atom. The third-order valence-electron chi connectivity index (χ3n) is 7.27. The van der Waals surface area contributed by atoms with Crippen LogP contribution in [0, 0.1) is 30.1 Å². The number of likely N-dealkylation sites (tertiary alicyclic amines) is 2. The van der Waals surface area contributed by atoms with E-state index in [0.29, 0.717) is 57.5 Å². The fourth-order valence-corrected chi connectivity index (χ4v) is 5.00. The van der Waals surface area contributed by atoms with Crippen LogP contribution in [-0.2, 0) is 23.9 Å². The van der Waals surface area contributed by atoms with Crippen molar-refractivity contribution in [2.45, 2.75) is 104 Å². The van der Waals surface area contributed by atoms with Crippen molar-refractivity contribution in [1.29, 1.82) is 0 Å². The van der Waals surface area contributed by atoms with Crippen LogP contribution in [0.3, 0.4) is 0 Å². The van der Waals surface area contributed by atoms with Crippen molar-refractivity contribution in [2.75, 3.05) is 32.8 Å². The summed E-state index contributed by atoms with van der Waals surface area (Å²) < 4.78 is 10.8. The van der Waals surface area contributed by atoms with Gasteiger partial charge in [-0.15, -0.1) is 12.3 Å². The number of rotatable bonds is 11. The summed E-state index contributed by atoms with van der Waals surface area (Å²) in [6.45, 7) is 12.3. The van der Waals surface area contributed by atoms with Gasteiger partial charge in [0.25, 0.3) is 0 Å². The molecule has 2 fully saturated rings. The first kappa shape index (κ1) is 32.5. The lowest BCUT2D eigenvalue weighted by Crippen LogP contribution is -2.49. The highest BCUT2D eigenvalue weighted by Crippen LogP contribution is 2.25. The quantitative estimate of drug-likeness (QED) is 0.237. The van der Waals surface area contributed by atoms with E-state index in [1.54, 1.807) is 9.80 Å². The van der Waals surface area contributed by atoms with Crippen LogP contribution in [0.1, 0.15) is 92.4 Å². The van der Waals surface area contributed by atoms with E-state index in [0.717, 1.165) is 38.5 Å². The maximum Gasteiger partial charge on any atom is 0.410 e. The summed E-state index contributed by atoms with van der Waals surface area (Å²) in [5.74, 6) is 2.26. The second-order valence-corrected chi connectivity index (χ2v) is 12.3. The second-order valence-electron chi connectivity index (χ2n) is 12.3. The van der Waals surface area contributed by atoms with Gasteiger partial charge in [0, 0.05) is 39.0 Å². The van der Waals surface area contributed by atoms with Crippen molar-refractivity contribution in [3.05, 3.63) is 0 Å². The number of carbonyl (C=O) groups excluding carboxylic acids is 4. The normalized spacial score (nSPS) is 19.3. The maximum absolute atomic E-state index is 13.0. The highest BCUT2D eigenvalue weighted by Gasteiger charge is 2.32. The van der Waals surface area contributed by atoms with Crippen LogP contribution in [-0.4, -0.2) is 78.1 Å². The zero-order valence-corrected chi connectivity index (χ0v) is 24.6. The zero-order chi connectivity index (χ0) is 29.0. The third-order valence-corrected chi connectivity index (χ3v) is 7.27. The van der Waals surface area contributed by atoms with Crippen molar-refractivity contribution in [2.24, 2.45) is 17.8 Å². The average Bonchev–Trinajstić information content (AvgIpc) is 2.88. The van der Waals surface area contributed by atoms with Crippen LogP contribution in [0.2, 0.25) is 0 Å². The van der Waals surface area contributed by atoms with E-state index in [9.17, 15) is 19.2 Å². The molecule has 220 valence electrons. The SMILES string of the molecule is C#CC[C@H](NC(=O)[C@@H]1CCCN(C(=O)CCC2CCN(C(=O)OC(C)(C)C)CC2)C1)C(=O)OCCCC(C)C. The molecule has 9 heteroatoms. The van der Waals surface area contributed by atoms with E-state index in [2.05, 4.69) is 25.1 Å². The van der Waals surface area contributed by atoms with Gasteiger partial charge in [-0.3, -0.25) is 9.59 Å². The van der Waals surface area contributed by atoms with Crippen LogP contribution in [0.4, 0.5) is 4.79 Å². The van der Waals surface area contributed by atoms with Crippen molar-refractivity contribution in [3.8, 4) is 12.3 Å². The van der Waals surface area contributed by atoms with Gasteiger partial charge >= 0.3 is 12.1 Å². The summed E-state index contributed by atoms with van der Waals surface area (Å²) in [6.07, 6.45) is 11.2. The van der Waals surface area contributed by atoms with E-state index < -0.39 is 17.6 Å². The second kappa shape index (κ2) is 15.7. The van der Waals surface area contributed by atoms with Crippen molar-refractivity contribution in [1.82, 2.24) is 15.1 Å². The first-order valence-electron chi connectivity index (χ1n) is 14.6. The van der Waals surface area contributed by atoms with Gasteiger partial charge in [0.05, 0.1) is 12.5 Å². The predicted molar refractivity (Wildman–Crippen MR) is 149 cm³/mol. The standard InChI is InChI=1S/C30H49N3O6/c1-7-10-25(28(36)38-20-9-11-22(2)3)31-27(35)24-12-8-17-33(21-24)26(34)14-13-23-15-18-32(19-16-23)29(37)39-30(4,5)6/h1,22-25H,8-21H2,2-6H3,(H,31,35)/t24-,25+/m1/s1. The molecule has 2 aliphatic rings. The Balaban J connectivity index is 1.77. The molecule has 0 saturated carbocycles. The smallest absolute Gasteiger partial charge is 0.410 e. The lowest BCUT2D eigenvalue weighted by molar-refractivity contribution is -0.149. The molecule has 0 radical (unpaired) electrons. The van der Waals surface area contributed by atoms with Gasteiger partial charge in [-0.1, -0.05) is 13.8 Å². The lowest BCUT2D eigenvalue weighted by atomic mass is 9.91. The number of ether oxygens (including phenoxy) is 2. The maximum atomic E-state index is 13.0. The molecule has 0 spiro atoms. The molecular formula is C30H49N3O6. The molecule has 3 amide bonds. The molecule has 1 N–H and O–H groups in total. The minimum absolute atomic E-state index is 0.0480. The zero-order valence-electron chi connectivity index (χ0n) is 24.6. The van der Waals surface area contributed by atoms with Gasteiger partial charge in [-0.2, -0.15) is 0 Å². The monoisotopic (exact) mass is 547 g/mol. The summed E-state index contributed by atoms with van der Waals surface area (Å²) in [7, 11) is 0. The van der Waals surface area contributed by atoms with Crippen LogP contribution in [0.5, 0.6) is 0 Å². The Labute approximate surface area is 234 Å². The minimum atomic E-state index is -0.876. The van der Waals surface area contributed by atoms with Crippen LogP contribution in [0.25, 0.3) is 0 Å². The predicted octanol–water partition coefficient (Wildman–Crippen LogP) is 4.14. The molecular weight excluding hydrogens is 498 g/mol. The Hall–Kier alpha value is -2.76. The highest BCUT2D eigenvalue weighted by atomic mass is 16.6. The summed E-state index contributed by atoms with van der Waals surface area (Å²) in [5.41, 5.74) is -0.512. The van der Waals surface area contributed by atoms with E-state index >= 15 is 0 Å². The van der Waals surface area contributed by atoms with Gasteiger partial charge in [-0.25, -0.2) is 9.59 Å². The minimum Gasteiger partial charge on any atom is -0.464 e. The largest absolute Gasteiger partial charge is 0.464 e. The Morgan fingerprint density at radius 1 is 1.05 bits per heavy atom. The van der Waals surface area contributed by atoms with Crippen LogP contribution in [0.15, 0.2) is 0 Å². The number of hydrogen-bond acceptors (Lipinski definition) is 6. The molecule has 0 aromatic rings. The Morgan fingerprint density at radius 2 is 1.74 bits per heavy atom. The molecule has 2 heterocycles. The average molecular weight is 548 g/mol. The number of terminal acetylenes is 1. The Kier molecular flexibility index (Phi) is 13.1. The fourth-order valence-electron chi connectivity index (χ4n) is 5.00. The van der Waals surface area contributed by atoms with Crippen molar-refractivity contribution in [3.63, 3.8) is 0 Å². The molecule has 0 aromatic carbocycles. The van der Waals surface area contributed by atoms with E-state index in [1.807, 2.05) is 20.8 Å². The van der Waals surface area contributed by atoms with Crippen molar-refractivity contribution >= 4 is 23.9 Å². The molecule has 39 heavy (non-hydrogen) atoms. The first-order chi connectivity index (χ1) is 18.4. The number of nitrogens with zero attached hydrogens (tertiary/aromatic N) is 2. The number of amides is 3. The number of nitrogens with one attached hydrogen (secondary N) is 1. The number of piperidine rings is 2. The van der Waals surface area contributed by atoms with Gasteiger partial charge in [0.15, 0.2) is 0 Å². The van der Waals surface area contributed by atoms with E-state index in [1.165, 1.54) is 0 Å². The Bertz CT molecular complexity index is 867.